The predicted octanol–water partition coefficient (Wildman–Crippen LogP) is 4.56. The molecule has 0 radical (unpaired) electrons. The van der Waals surface area contributed by atoms with E-state index in [9.17, 15) is 10.0 Å². The Morgan fingerprint density at radius 3 is 2.63 bits per heavy atom. The second-order valence-corrected chi connectivity index (χ2v) is 14.9. The van der Waals surface area contributed by atoms with Crippen LogP contribution in [0.2, 0.25) is 0 Å². The van der Waals surface area contributed by atoms with Crippen LogP contribution in [-0.4, -0.2) is 92.5 Å². The molecule has 3 fully saturated rings. The number of pyridine rings is 1. The third-order valence-corrected chi connectivity index (χ3v) is 10.4. The number of hydrogen-bond acceptors (Lipinski definition) is 12. The highest BCUT2D eigenvalue weighted by Crippen LogP contribution is 2.44. The van der Waals surface area contributed by atoms with E-state index in [1.807, 2.05) is 44.6 Å². The Hall–Kier alpha value is -4.24. The Kier molecular flexibility index (Phi) is 8.76. The number of piperidine rings is 1. The lowest BCUT2D eigenvalue weighted by atomic mass is 9.73. The van der Waals surface area contributed by atoms with E-state index < -0.39 is 11.7 Å². The first-order valence-corrected chi connectivity index (χ1v) is 17.5. The van der Waals surface area contributed by atoms with Crippen LogP contribution in [0.5, 0.6) is 0 Å². The zero-order chi connectivity index (χ0) is 34.5. The van der Waals surface area contributed by atoms with Crippen LogP contribution < -0.4 is 20.9 Å². The van der Waals surface area contributed by atoms with E-state index in [0.29, 0.717) is 35.9 Å². The number of amidine groups is 1. The standard InChI is InChI=1S/C34H48N10O5/c1-20-11-14-43(23-10-9-22(29(35)41-46)37-26(20)23)31-27-30(44(40-31)25-8-6-7-17-47-25)38-24(18-36-27)42-15-12-34(13-16-42)19-48-21(2)28(34)39-32(45)49-33(3,4)5/h9-10,18,20-21,25,28,46H,6-8,11-17,19H2,1-5H3,(H2,35,41)(H,39,45)/t20-,21+,25?,28-/m1/s1. The number of hydrogen-bond donors (Lipinski definition) is 3. The molecule has 4 atom stereocenters. The van der Waals surface area contributed by atoms with Gasteiger partial charge in [0, 0.05) is 37.6 Å². The first kappa shape index (κ1) is 33.3. The van der Waals surface area contributed by atoms with Gasteiger partial charge in [-0.05, 0) is 78.4 Å². The lowest BCUT2D eigenvalue weighted by Crippen LogP contribution is -2.55. The monoisotopic (exact) mass is 676 g/mol. The topological polar surface area (TPSA) is 178 Å². The summed E-state index contributed by atoms with van der Waals surface area (Å²) in [5.74, 6) is 1.65. The van der Waals surface area contributed by atoms with Crippen molar-refractivity contribution >= 4 is 40.4 Å². The Morgan fingerprint density at radius 1 is 1.12 bits per heavy atom. The van der Waals surface area contributed by atoms with E-state index >= 15 is 0 Å². The molecule has 15 nitrogen and oxygen atoms in total. The highest BCUT2D eigenvalue weighted by Gasteiger charge is 2.50. The molecule has 7 heterocycles. The number of amides is 1. The van der Waals surface area contributed by atoms with Crippen LogP contribution in [-0.2, 0) is 14.2 Å². The van der Waals surface area contributed by atoms with E-state index in [4.69, 9.17) is 40.0 Å². The third kappa shape index (κ3) is 6.33. The summed E-state index contributed by atoms with van der Waals surface area (Å²) in [5, 5.41) is 20.6. The third-order valence-electron chi connectivity index (χ3n) is 10.4. The zero-order valence-electron chi connectivity index (χ0n) is 29.1. The Bertz CT molecular complexity index is 1720. The molecule has 3 saturated heterocycles. The van der Waals surface area contributed by atoms with E-state index in [2.05, 4.69) is 27.2 Å². The average Bonchev–Trinajstić information content (AvgIpc) is 3.61. The Morgan fingerprint density at radius 2 is 1.92 bits per heavy atom. The van der Waals surface area contributed by atoms with Crippen molar-refractivity contribution in [1.82, 2.24) is 30.0 Å². The molecule has 1 unspecified atom stereocenters. The minimum absolute atomic E-state index is 0.0249. The first-order chi connectivity index (χ1) is 23.5. The van der Waals surface area contributed by atoms with Gasteiger partial charge in [0.15, 0.2) is 29.0 Å². The number of alkyl carbamates (subject to hydrolysis) is 1. The highest BCUT2D eigenvalue weighted by atomic mass is 16.6. The molecule has 49 heavy (non-hydrogen) atoms. The molecule has 0 bridgehead atoms. The maximum atomic E-state index is 12.8. The molecule has 4 aliphatic rings. The average molecular weight is 677 g/mol. The number of rotatable bonds is 5. The van der Waals surface area contributed by atoms with Crippen molar-refractivity contribution < 1.29 is 24.2 Å². The summed E-state index contributed by atoms with van der Waals surface area (Å²) >= 11 is 0. The van der Waals surface area contributed by atoms with Gasteiger partial charge in [-0.2, -0.15) is 0 Å². The van der Waals surface area contributed by atoms with Crippen LogP contribution >= 0.6 is 0 Å². The number of nitrogens with two attached hydrogens (primary N) is 1. The molecule has 3 aromatic heterocycles. The van der Waals surface area contributed by atoms with E-state index in [1.165, 1.54) is 0 Å². The van der Waals surface area contributed by atoms with Gasteiger partial charge in [-0.3, -0.25) is 0 Å². The fourth-order valence-electron chi connectivity index (χ4n) is 7.71. The number of nitrogens with one attached hydrogen (secondary N) is 1. The summed E-state index contributed by atoms with van der Waals surface area (Å²) in [4.78, 5) is 32.2. The fraction of sp³-hybridized carbons (Fsp3) is 0.647. The number of anilines is 3. The molecule has 0 aromatic carbocycles. The molecular weight excluding hydrogens is 628 g/mol. The van der Waals surface area contributed by atoms with E-state index in [0.717, 1.165) is 75.4 Å². The number of carbonyl (C=O) groups is 1. The Labute approximate surface area is 286 Å². The van der Waals surface area contributed by atoms with Gasteiger partial charge in [0.05, 0.1) is 36.3 Å². The summed E-state index contributed by atoms with van der Waals surface area (Å²) < 4.78 is 19.8. The van der Waals surface area contributed by atoms with Crippen molar-refractivity contribution in [3.8, 4) is 0 Å². The zero-order valence-corrected chi connectivity index (χ0v) is 29.1. The van der Waals surface area contributed by atoms with Crippen LogP contribution in [0.3, 0.4) is 0 Å². The summed E-state index contributed by atoms with van der Waals surface area (Å²) in [5.41, 5.74) is 8.72. The van der Waals surface area contributed by atoms with Gasteiger partial charge < -0.3 is 40.3 Å². The second kappa shape index (κ2) is 12.9. The molecule has 1 amide bonds. The maximum Gasteiger partial charge on any atom is 0.407 e. The molecule has 264 valence electrons. The van der Waals surface area contributed by atoms with Crippen LogP contribution in [0.25, 0.3) is 11.2 Å². The van der Waals surface area contributed by atoms with Crippen molar-refractivity contribution in [2.75, 3.05) is 42.6 Å². The van der Waals surface area contributed by atoms with Gasteiger partial charge in [-0.25, -0.2) is 24.4 Å². The first-order valence-electron chi connectivity index (χ1n) is 17.5. The van der Waals surface area contributed by atoms with Crippen molar-refractivity contribution in [2.24, 2.45) is 16.3 Å². The van der Waals surface area contributed by atoms with Crippen LogP contribution in [0, 0.1) is 5.41 Å². The molecule has 1 spiro atoms. The summed E-state index contributed by atoms with van der Waals surface area (Å²) in [6.07, 6.45) is 6.51. The molecule has 0 aliphatic carbocycles. The van der Waals surface area contributed by atoms with Gasteiger partial charge >= 0.3 is 6.09 Å². The number of nitrogens with zero attached hydrogens (tertiary/aromatic N) is 8. The molecule has 4 aliphatic heterocycles. The number of fused-ring (bicyclic) bond motifs is 2. The minimum Gasteiger partial charge on any atom is -0.444 e. The minimum atomic E-state index is -0.573. The summed E-state index contributed by atoms with van der Waals surface area (Å²) in [7, 11) is 0. The number of oxime groups is 1. The number of aromatic nitrogens is 5. The molecular formula is C34H48N10O5. The van der Waals surface area contributed by atoms with Gasteiger partial charge in [-0.1, -0.05) is 12.1 Å². The van der Waals surface area contributed by atoms with E-state index in [-0.39, 0.29) is 35.5 Å². The van der Waals surface area contributed by atoms with Crippen molar-refractivity contribution in [3.63, 3.8) is 0 Å². The quantitative estimate of drug-likeness (QED) is 0.149. The molecule has 7 rings (SSSR count). The largest absolute Gasteiger partial charge is 0.444 e. The smallest absolute Gasteiger partial charge is 0.407 e. The fourth-order valence-corrected chi connectivity index (χ4v) is 7.71. The van der Waals surface area contributed by atoms with Crippen LogP contribution in [0.1, 0.15) is 96.7 Å². The lowest BCUT2D eigenvalue weighted by molar-refractivity contribution is -0.0368. The summed E-state index contributed by atoms with van der Waals surface area (Å²) in [6.45, 7) is 13.2. The van der Waals surface area contributed by atoms with Crippen molar-refractivity contribution in [2.45, 2.75) is 103 Å². The molecule has 0 saturated carbocycles. The normalized spacial score (nSPS) is 25.9. The van der Waals surface area contributed by atoms with Gasteiger partial charge in [0.25, 0.3) is 0 Å². The molecule has 4 N–H and O–H groups in total. The summed E-state index contributed by atoms with van der Waals surface area (Å²) in [6, 6.07) is 3.58. The maximum absolute atomic E-state index is 12.8. The molecule has 15 heteroatoms. The molecule has 3 aromatic rings. The SMILES string of the molecule is C[C@@H]1CCN(c2nn(C3CCCCO3)c3nc(N4CCC5(CC4)CO[C@@H](C)[C@H]5NC(=O)OC(C)(C)C)cnc23)c2ccc(/C(N)=N/O)nc21. The number of ether oxygens (including phenoxy) is 3. The Balaban J connectivity index is 1.18. The van der Waals surface area contributed by atoms with Crippen LogP contribution in [0.4, 0.5) is 22.1 Å². The van der Waals surface area contributed by atoms with Crippen molar-refractivity contribution in [1.29, 1.82) is 0 Å². The van der Waals surface area contributed by atoms with Gasteiger partial charge in [0.2, 0.25) is 0 Å². The van der Waals surface area contributed by atoms with E-state index in [1.54, 1.807) is 6.07 Å². The van der Waals surface area contributed by atoms with Gasteiger partial charge in [-0.15, -0.1) is 5.10 Å². The highest BCUT2D eigenvalue weighted by molar-refractivity contribution is 5.96. The second-order valence-electron chi connectivity index (χ2n) is 14.9. The van der Waals surface area contributed by atoms with Gasteiger partial charge in [0.1, 0.15) is 17.1 Å². The predicted molar refractivity (Wildman–Crippen MR) is 183 cm³/mol. The van der Waals surface area contributed by atoms with Crippen molar-refractivity contribution in [3.05, 3.63) is 29.7 Å². The number of carbonyl (C=O) groups excluding carboxylic acids is 1. The van der Waals surface area contributed by atoms with Crippen LogP contribution in [0.15, 0.2) is 23.5 Å². The lowest BCUT2D eigenvalue weighted by Gasteiger charge is -2.42.